The fourth-order valence-electron chi connectivity index (χ4n) is 2.26. The van der Waals surface area contributed by atoms with Gasteiger partial charge in [-0.1, -0.05) is 0 Å². The Hall–Kier alpha value is -2.11. The maximum atomic E-state index is 12.9. The number of carboxylic acid groups (broad SMARTS) is 1. The Labute approximate surface area is 110 Å². The first-order valence-electron chi connectivity index (χ1n) is 5.99. The van der Waals surface area contributed by atoms with E-state index in [1.165, 1.54) is 24.0 Å². The minimum Gasteiger partial charge on any atom is -0.480 e. The van der Waals surface area contributed by atoms with E-state index in [4.69, 9.17) is 0 Å². The van der Waals surface area contributed by atoms with Crippen LogP contribution in [0.4, 0.5) is 10.1 Å². The molecule has 1 aromatic rings. The van der Waals surface area contributed by atoms with Gasteiger partial charge in [0.1, 0.15) is 11.9 Å². The van der Waals surface area contributed by atoms with Gasteiger partial charge in [-0.25, -0.2) is 9.18 Å². The fourth-order valence-corrected chi connectivity index (χ4v) is 2.26. The molecule has 102 valence electrons. The Morgan fingerprint density at radius 1 is 1.26 bits per heavy atom. The van der Waals surface area contributed by atoms with Gasteiger partial charge < -0.3 is 14.9 Å². The first-order chi connectivity index (χ1) is 8.99. The van der Waals surface area contributed by atoms with Gasteiger partial charge in [-0.2, -0.15) is 0 Å². The summed E-state index contributed by atoms with van der Waals surface area (Å²) in [4.78, 5) is 25.8. The molecule has 0 radical (unpaired) electrons. The lowest BCUT2D eigenvalue weighted by atomic mass is 10.1. The Kier molecular flexibility index (Phi) is 3.69. The zero-order valence-corrected chi connectivity index (χ0v) is 10.5. The highest BCUT2D eigenvalue weighted by atomic mass is 19.1. The molecule has 1 amide bonds. The van der Waals surface area contributed by atoms with E-state index in [9.17, 15) is 19.1 Å². The Morgan fingerprint density at radius 2 is 1.89 bits per heavy atom. The lowest BCUT2D eigenvalue weighted by Crippen LogP contribution is -2.58. The molecule has 0 unspecified atom stereocenters. The maximum absolute atomic E-state index is 12.9. The van der Waals surface area contributed by atoms with Crippen LogP contribution >= 0.6 is 0 Å². The molecule has 6 heteroatoms. The van der Waals surface area contributed by atoms with E-state index in [1.807, 2.05) is 4.90 Å². The molecule has 1 N–H and O–H groups in total. The Bertz CT molecular complexity index is 489. The summed E-state index contributed by atoms with van der Waals surface area (Å²) in [6.07, 6.45) is 0. The van der Waals surface area contributed by atoms with Crippen molar-refractivity contribution in [2.24, 2.45) is 0 Å². The molecule has 0 saturated carbocycles. The molecule has 1 atom stereocenters. The highest BCUT2D eigenvalue weighted by molar-refractivity contribution is 5.83. The lowest BCUT2D eigenvalue weighted by Gasteiger charge is -2.40. The summed E-state index contributed by atoms with van der Waals surface area (Å²) in [6.45, 7) is 2.46. The van der Waals surface area contributed by atoms with Gasteiger partial charge in [0, 0.05) is 32.2 Å². The van der Waals surface area contributed by atoms with Crippen molar-refractivity contribution >= 4 is 17.6 Å². The summed E-state index contributed by atoms with van der Waals surface area (Å²) in [5.74, 6) is -1.60. The second kappa shape index (κ2) is 5.26. The van der Waals surface area contributed by atoms with Crippen molar-refractivity contribution in [3.05, 3.63) is 30.1 Å². The largest absolute Gasteiger partial charge is 0.480 e. The van der Waals surface area contributed by atoms with Crippen molar-refractivity contribution in [1.29, 1.82) is 0 Å². The second-order valence-corrected chi connectivity index (χ2v) is 4.49. The molecule has 1 saturated heterocycles. The van der Waals surface area contributed by atoms with Crippen LogP contribution in [0, 0.1) is 5.82 Å². The van der Waals surface area contributed by atoms with Gasteiger partial charge in [0.15, 0.2) is 0 Å². The average Bonchev–Trinajstić information content (AvgIpc) is 2.38. The predicted octanol–water partition coefficient (Wildman–Crippen LogP) is 0.947. The normalized spacial score (nSPS) is 19.4. The molecular formula is C13H15FN2O3. The number of carboxylic acids is 1. The minimum atomic E-state index is -1.03. The third kappa shape index (κ3) is 2.83. The standard InChI is InChI=1S/C13H15FN2O3/c1-9(17)16-7-6-15(8-12(16)13(18)19)11-4-2-10(14)3-5-11/h2-5,12H,6-8H2,1H3,(H,18,19)/t12-/m0/s1. The van der Waals surface area contributed by atoms with E-state index in [2.05, 4.69) is 0 Å². The molecule has 1 aromatic carbocycles. The van der Waals surface area contributed by atoms with Gasteiger partial charge in [-0.15, -0.1) is 0 Å². The topological polar surface area (TPSA) is 60.9 Å². The Balaban J connectivity index is 2.17. The van der Waals surface area contributed by atoms with Gasteiger partial charge in [-0.3, -0.25) is 4.79 Å². The smallest absolute Gasteiger partial charge is 0.328 e. The molecule has 0 aliphatic carbocycles. The number of halogens is 1. The number of carbonyl (C=O) groups is 2. The van der Waals surface area contributed by atoms with Gasteiger partial charge in [0.05, 0.1) is 0 Å². The number of aliphatic carboxylic acids is 1. The summed E-state index contributed by atoms with van der Waals surface area (Å²) in [5, 5.41) is 9.19. The number of amides is 1. The van der Waals surface area contributed by atoms with Crippen LogP contribution in [-0.2, 0) is 9.59 Å². The van der Waals surface area contributed by atoms with E-state index in [1.54, 1.807) is 12.1 Å². The molecular weight excluding hydrogens is 251 g/mol. The lowest BCUT2D eigenvalue weighted by molar-refractivity contribution is -0.149. The van der Waals surface area contributed by atoms with Crippen molar-refractivity contribution in [2.75, 3.05) is 24.5 Å². The number of benzene rings is 1. The van der Waals surface area contributed by atoms with Crippen LogP contribution in [0.25, 0.3) is 0 Å². The van der Waals surface area contributed by atoms with Crippen LogP contribution in [0.5, 0.6) is 0 Å². The molecule has 2 rings (SSSR count). The molecule has 1 aliphatic heterocycles. The third-order valence-corrected chi connectivity index (χ3v) is 3.26. The predicted molar refractivity (Wildman–Crippen MR) is 67.4 cm³/mol. The number of nitrogens with zero attached hydrogens (tertiary/aromatic N) is 2. The number of hydrogen-bond acceptors (Lipinski definition) is 3. The van der Waals surface area contributed by atoms with Crippen LogP contribution in [0.15, 0.2) is 24.3 Å². The van der Waals surface area contributed by atoms with Crippen molar-refractivity contribution in [2.45, 2.75) is 13.0 Å². The zero-order valence-electron chi connectivity index (χ0n) is 10.5. The Morgan fingerprint density at radius 3 is 2.42 bits per heavy atom. The monoisotopic (exact) mass is 266 g/mol. The number of hydrogen-bond donors (Lipinski definition) is 1. The summed E-state index contributed by atoms with van der Waals surface area (Å²) >= 11 is 0. The molecule has 0 bridgehead atoms. The minimum absolute atomic E-state index is 0.209. The highest BCUT2D eigenvalue weighted by Crippen LogP contribution is 2.20. The molecule has 0 aromatic heterocycles. The van der Waals surface area contributed by atoms with Crippen LogP contribution in [0.2, 0.25) is 0 Å². The summed E-state index contributed by atoms with van der Waals surface area (Å²) < 4.78 is 12.9. The van der Waals surface area contributed by atoms with Crippen LogP contribution in [-0.4, -0.2) is 47.6 Å². The van der Waals surface area contributed by atoms with Crippen molar-refractivity contribution in [1.82, 2.24) is 4.90 Å². The van der Waals surface area contributed by atoms with Crippen molar-refractivity contribution in [3.8, 4) is 0 Å². The van der Waals surface area contributed by atoms with E-state index in [0.717, 1.165) is 5.69 Å². The van der Waals surface area contributed by atoms with Crippen LogP contribution < -0.4 is 4.90 Å². The SMILES string of the molecule is CC(=O)N1CCN(c2ccc(F)cc2)C[C@H]1C(=O)O. The fraction of sp³-hybridized carbons (Fsp3) is 0.385. The third-order valence-electron chi connectivity index (χ3n) is 3.26. The molecule has 5 nitrogen and oxygen atoms in total. The second-order valence-electron chi connectivity index (χ2n) is 4.49. The zero-order chi connectivity index (χ0) is 14.0. The van der Waals surface area contributed by atoms with Gasteiger partial charge in [0.2, 0.25) is 5.91 Å². The summed E-state index contributed by atoms with van der Waals surface area (Å²) in [7, 11) is 0. The van der Waals surface area contributed by atoms with Gasteiger partial charge in [-0.05, 0) is 24.3 Å². The van der Waals surface area contributed by atoms with Gasteiger partial charge in [0.25, 0.3) is 0 Å². The van der Waals surface area contributed by atoms with E-state index < -0.39 is 12.0 Å². The van der Waals surface area contributed by atoms with Crippen molar-refractivity contribution < 1.29 is 19.1 Å². The van der Waals surface area contributed by atoms with E-state index >= 15 is 0 Å². The number of carbonyl (C=O) groups excluding carboxylic acids is 1. The molecule has 1 aliphatic rings. The molecule has 1 heterocycles. The summed E-state index contributed by atoms with van der Waals surface area (Å²) in [6, 6.07) is 5.02. The number of anilines is 1. The molecule has 19 heavy (non-hydrogen) atoms. The molecule has 1 fully saturated rings. The van der Waals surface area contributed by atoms with Crippen molar-refractivity contribution in [3.63, 3.8) is 0 Å². The maximum Gasteiger partial charge on any atom is 0.328 e. The molecule has 0 spiro atoms. The average molecular weight is 266 g/mol. The van der Waals surface area contributed by atoms with Crippen LogP contribution in [0.1, 0.15) is 6.92 Å². The number of piperazine rings is 1. The first-order valence-corrected chi connectivity index (χ1v) is 5.99. The highest BCUT2D eigenvalue weighted by Gasteiger charge is 2.33. The quantitative estimate of drug-likeness (QED) is 0.865. The van der Waals surface area contributed by atoms with E-state index in [-0.39, 0.29) is 18.3 Å². The number of rotatable bonds is 2. The summed E-state index contributed by atoms with van der Waals surface area (Å²) in [5.41, 5.74) is 0.760. The van der Waals surface area contributed by atoms with Crippen LogP contribution in [0.3, 0.4) is 0 Å². The first kappa shape index (κ1) is 13.3. The van der Waals surface area contributed by atoms with Gasteiger partial charge >= 0.3 is 5.97 Å². The van der Waals surface area contributed by atoms with E-state index in [0.29, 0.717) is 13.1 Å².